The van der Waals surface area contributed by atoms with Crippen LogP contribution in [-0.4, -0.2) is 28.8 Å². The Kier molecular flexibility index (Phi) is 8.00. The maximum Gasteiger partial charge on any atom is 0.242 e. The average Bonchev–Trinajstić information content (AvgIpc) is 2.65. The quantitative estimate of drug-likeness (QED) is 0.717. The summed E-state index contributed by atoms with van der Waals surface area (Å²) in [7, 11) is 0. The van der Waals surface area contributed by atoms with Gasteiger partial charge in [0.05, 0.1) is 6.42 Å². The Morgan fingerprint density at radius 1 is 0.897 bits per heavy atom. The van der Waals surface area contributed by atoms with Crippen LogP contribution in [-0.2, 0) is 22.6 Å². The predicted molar refractivity (Wildman–Crippen MR) is 119 cm³/mol. The molecule has 0 heterocycles. The van der Waals surface area contributed by atoms with Gasteiger partial charge in [0.2, 0.25) is 11.8 Å². The molecule has 0 aliphatic carbocycles. The lowest BCUT2D eigenvalue weighted by Gasteiger charge is -2.30. The molecule has 2 aromatic carbocycles. The van der Waals surface area contributed by atoms with Gasteiger partial charge in [-0.05, 0) is 52.2 Å². The highest BCUT2D eigenvalue weighted by atomic mass is 16.2. The van der Waals surface area contributed by atoms with Crippen molar-refractivity contribution in [3.05, 3.63) is 70.3 Å². The molecule has 0 fully saturated rings. The van der Waals surface area contributed by atoms with Crippen LogP contribution in [0.5, 0.6) is 0 Å². The minimum atomic E-state index is -0.538. The van der Waals surface area contributed by atoms with Crippen molar-refractivity contribution in [1.29, 1.82) is 0 Å². The van der Waals surface area contributed by atoms with Gasteiger partial charge in [-0.15, -0.1) is 0 Å². The molecule has 2 rings (SSSR count). The number of hydrogen-bond acceptors (Lipinski definition) is 2. The number of amides is 2. The Morgan fingerprint density at radius 3 is 2.03 bits per heavy atom. The van der Waals surface area contributed by atoms with Crippen LogP contribution in [0.1, 0.15) is 55.0 Å². The summed E-state index contributed by atoms with van der Waals surface area (Å²) in [6.07, 6.45) is 1.14. The Bertz CT molecular complexity index is 822. The van der Waals surface area contributed by atoms with E-state index in [0.29, 0.717) is 6.54 Å². The van der Waals surface area contributed by atoms with E-state index in [4.69, 9.17) is 0 Å². The molecule has 2 amide bonds. The van der Waals surface area contributed by atoms with E-state index in [1.165, 1.54) is 5.56 Å². The van der Waals surface area contributed by atoms with Crippen molar-refractivity contribution in [2.75, 3.05) is 0 Å². The molecule has 2 atom stereocenters. The number of aryl methyl sites for hydroxylation is 3. The standard InChI is InChI=1S/C25H34N2O2/c1-7-20(5)26-25(29)21(6)27(16-22-10-8-17(2)9-11-22)24(28)15-23-13-18(3)12-19(4)14-23/h8-14,20-21H,7,15-16H2,1-6H3,(H,26,29)/t20-,21+/m0/s1. The first kappa shape index (κ1) is 22.7. The highest BCUT2D eigenvalue weighted by Crippen LogP contribution is 2.15. The summed E-state index contributed by atoms with van der Waals surface area (Å²) >= 11 is 0. The minimum Gasteiger partial charge on any atom is -0.352 e. The Morgan fingerprint density at radius 2 is 1.48 bits per heavy atom. The fourth-order valence-electron chi connectivity index (χ4n) is 3.39. The lowest BCUT2D eigenvalue weighted by Crippen LogP contribution is -2.49. The second-order valence-electron chi connectivity index (χ2n) is 8.17. The van der Waals surface area contributed by atoms with E-state index in [-0.39, 0.29) is 24.3 Å². The molecule has 1 N–H and O–H groups in total. The molecule has 0 aliphatic rings. The second-order valence-corrected chi connectivity index (χ2v) is 8.17. The van der Waals surface area contributed by atoms with E-state index in [9.17, 15) is 9.59 Å². The first-order valence-electron chi connectivity index (χ1n) is 10.4. The number of carbonyl (C=O) groups excluding carboxylic acids is 2. The van der Waals surface area contributed by atoms with E-state index < -0.39 is 6.04 Å². The zero-order valence-electron chi connectivity index (χ0n) is 18.6. The van der Waals surface area contributed by atoms with Gasteiger partial charge in [0.1, 0.15) is 6.04 Å². The van der Waals surface area contributed by atoms with Crippen LogP contribution >= 0.6 is 0 Å². The zero-order valence-corrected chi connectivity index (χ0v) is 18.6. The highest BCUT2D eigenvalue weighted by Gasteiger charge is 2.26. The van der Waals surface area contributed by atoms with E-state index >= 15 is 0 Å². The molecule has 0 spiro atoms. The third kappa shape index (κ3) is 6.74. The molecule has 0 radical (unpaired) electrons. The fourth-order valence-corrected chi connectivity index (χ4v) is 3.39. The van der Waals surface area contributed by atoms with Crippen LogP contribution in [0.2, 0.25) is 0 Å². The first-order valence-corrected chi connectivity index (χ1v) is 10.4. The van der Waals surface area contributed by atoms with Gasteiger partial charge in [-0.1, -0.05) is 66.1 Å². The molecule has 0 unspecified atom stereocenters. The molecule has 29 heavy (non-hydrogen) atoms. The van der Waals surface area contributed by atoms with Crippen LogP contribution in [0.15, 0.2) is 42.5 Å². The number of carbonyl (C=O) groups is 2. The second kappa shape index (κ2) is 10.2. The van der Waals surface area contributed by atoms with Crippen LogP contribution in [0.4, 0.5) is 0 Å². The molecule has 2 aromatic rings. The van der Waals surface area contributed by atoms with Gasteiger partial charge in [0.25, 0.3) is 0 Å². The van der Waals surface area contributed by atoms with Gasteiger partial charge in [0.15, 0.2) is 0 Å². The van der Waals surface area contributed by atoms with Crippen molar-refractivity contribution in [3.8, 4) is 0 Å². The van der Waals surface area contributed by atoms with Crippen LogP contribution in [0.25, 0.3) is 0 Å². The van der Waals surface area contributed by atoms with Crippen LogP contribution in [0, 0.1) is 20.8 Å². The molecule has 4 nitrogen and oxygen atoms in total. The summed E-state index contributed by atoms with van der Waals surface area (Å²) in [4.78, 5) is 27.7. The molecule has 0 bridgehead atoms. The van der Waals surface area contributed by atoms with Gasteiger partial charge in [-0.3, -0.25) is 9.59 Å². The van der Waals surface area contributed by atoms with E-state index in [2.05, 4.69) is 11.4 Å². The maximum atomic E-state index is 13.3. The highest BCUT2D eigenvalue weighted by molar-refractivity contribution is 5.88. The number of nitrogens with zero attached hydrogens (tertiary/aromatic N) is 1. The number of nitrogens with one attached hydrogen (secondary N) is 1. The van der Waals surface area contributed by atoms with Crippen LogP contribution in [0.3, 0.4) is 0 Å². The molecule has 0 aromatic heterocycles. The van der Waals surface area contributed by atoms with Gasteiger partial charge in [-0.2, -0.15) is 0 Å². The first-order chi connectivity index (χ1) is 13.7. The van der Waals surface area contributed by atoms with Crippen molar-refractivity contribution >= 4 is 11.8 Å². The normalized spacial score (nSPS) is 12.9. The SMILES string of the molecule is CC[C@H](C)NC(=O)[C@@H](C)N(Cc1ccc(C)cc1)C(=O)Cc1cc(C)cc(C)c1. The van der Waals surface area contributed by atoms with Crippen molar-refractivity contribution in [1.82, 2.24) is 10.2 Å². The molecule has 0 aliphatic heterocycles. The van der Waals surface area contributed by atoms with Gasteiger partial charge in [0, 0.05) is 12.6 Å². The summed E-state index contributed by atoms with van der Waals surface area (Å²) < 4.78 is 0. The summed E-state index contributed by atoms with van der Waals surface area (Å²) in [6.45, 7) is 12.3. The monoisotopic (exact) mass is 394 g/mol. The van der Waals surface area contributed by atoms with E-state index in [1.807, 2.05) is 77.9 Å². The van der Waals surface area contributed by atoms with E-state index in [1.54, 1.807) is 4.90 Å². The Hall–Kier alpha value is -2.62. The van der Waals surface area contributed by atoms with E-state index in [0.717, 1.165) is 28.7 Å². The summed E-state index contributed by atoms with van der Waals surface area (Å²) in [5, 5.41) is 3.01. The van der Waals surface area contributed by atoms with Crippen LogP contribution < -0.4 is 5.32 Å². The topological polar surface area (TPSA) is 49.4 Å². The van der Waals surface area contributed by atoms with Gasteiger partial charge >= 0.3 is 0 Å². The molecule has 156 valence electrons. The molecule has 0 saturated carbocycles. The fraction of sp³-hybridized carbons (Fsp3) is 0.440. The number of hydrogen-bond donors (Lipinski definition) is 1. The summed E-state index contributed by atoms with van der Waals surface area (Å²) in [5.41, 5.74) is 5.45. The number of benzene rings is 2. The van der Waals surface area contributed by atoms with Crippen molar-refractivity contribution in [3.63, 3.8) is 0 Å². The molecular formula is C25H34N2O2. The average molecular weight is 395 g/mol. The number of rotatable bonds is 8. The van der Waals surface area contributed by atoms with Crippen molar-refractivity contribution in [2.45, 2.75) is 73.0 Å². The lowest BCUT2D eigenvalue weighted by atomic mass is 10.0. The van der Waals surface area contributed by atoms with Crippen molar-refractivity contribution < 1.29 is 9.59 Å². The summed E-state index contributed by atoms with van der Waals surface area (Å²) in [5.74, 6) is -0.150. The summed E-state index contributed by atoms with van der Waals surface area (Å²) in [6, 6.07) is 13.8. The minimum absolute atomic E-state index is 0.0395. The van der Waals surface area contributed by atoms with Gasteiger partial charge in [-0.25, -0.2) is 0 Å². The molecule has 4 heteroatoms. The van der Waals surface area contributed by atoms with Gasteiger partial charge < -0.3 is 10.2 Å². The Balaban J connectivity index is 2.25. The smallest absolute Gasteiger partial charge is 0.242 e. The Labute approximate surface area is 175 Å². The maximum absolute atomic E-state index is 13.3. The largest absolute Gasteiger partial charge is 0.352 e. The molecular weight excluding hydrogens is 360 g/mol. The zero-order chi connectivity index (χ0) is 21.6. The lowest BCUT2D eigenvalue weighted by molar-refractivity contribution is -0.140. The molecule has 0 saturated heterocycles. The predicted octanol–water partition coefficient (Wildman–Crippen LogP) is 4.49. The third-order valence-corrected chi connectivity index (χ3v) is 5.28. The van der Waals surface area contributed by atoms with Crippen molar-refractivity contribution in [2.24, 2.45) is 0 Å². The third-order valence-electron chi connectivity index (χ3n) is 5.28.